The standard InChI is InChI=1S/C17H20ClN5O2/c1-22-6-7-23(10-17(22)24)16-8-15(20-11-21-16)19-9-12-13(18)4-3-5-14(12)25-2/h3-5,8,11H,6-7,9-10H2,1-2H3,(H,19,20,21). The molecule has 8 heteroatoms. The van der Waals surface area contributed by atoms with E-state index in [9.17, 15) is 4.79 Å². The molecule has 0 atom stereocenters. The minimum atomic E-state index is 0.0835. The van der Waals surface area contributed by atoms with E-state index in [1.807, 2.05) is 36.2 Å². The van der Waals surface area contributed by atoms with Gasteiger partial charge in [-0.25, -0.2) is 9.97 Å². The van der Waals surface area contributed by atoms with E-state index < -0.39 is 0 Å². The molecule has 1 aliphatic rings. The number of anilines is 2. The molecule has 1 aromatic heterocycles. The Balaban J connectivity index is 1.72. The van der Waals surface area contributed by atoms with Crippen LogP contribution in [0.3, 0.4) is 0 Å². The monoisotopic (exact) mass is 361 g/mol. The predicted octanol–water partition coefficient (Wildman–Crippen LogP) is 2.03. The molecule has 1 saturated heterocycles. The molecule has 1 N–H and O–H groups in total. The van der Waals surface area contributed by atoms with Crippen LogP contribution in [0.25, 0.3) is 0 Å². The van der Waals surface area contributed by atoms with Crippen LogP contribution in [0.2, 0.25) is 5.02 Å². The number of hydrogen-bond donors (Lipinski definition) is 1. The minimum Gasteiger partial charge on any atom is -0.496 e. The van der Waals surface area contributed by atoms with Crippen LogP contribution in [0.5, 0.6) is 5.75 Å². The lowest BCUT2D eigenvalue weighted by Gasteiger charge is -2.32. The summed E-state index contributed by atoms with van der Waals surface area (Å²) >= 11 is 6.25. The van der Waals surface area contributed by atoms with Crippen molar-refractivity contribution in [2.75, 3.05) is 44.0 Å². The van der Waals surface area contributed by atoms with E-state index in [1.54, 1.807) is 12.0 Å². The van der Waals surface area contributed by atoms with Crippen molar-refractivity contribution in [1.29, 1.82) is 0 Å². The van der Waals surface area contributed by atoms with Crippen LogP contribution in [0.1, 0.15) is 5.56 Å². The molecule has 2 heterocycles. The summed E-state index contributed by atoms with van der Waals surface area (Å²) < 4.78 is 5.35. The number of carbonyl (C=O) groups excluding carboxylic acids is 1. The van der Waals surface area contributed by atoms with E-state index in [0.717, 1.165) is 23.7 Å². The summed E-state index contributed by atoms with van der Waals surface area (Å²) in [6.45, 7) is 2.23. The lowest BCUT2D eigenvalue weighted by Crippen LogP contribution is -2.48. The van der Waals surface area contributed by atoms with Crippen molar-refractivity contribution in [1.82, 2.24) is 14.9 Å². The third kappa shape index (κ3) is 3.93. The number of piperazine rings is 1. The summed E-state index contributed by atoms with van der Waals surface area (Å²) in [5.41, 5.74) is 0.863. The van der Waals surface area contributed by atoms with Crippen molar-refractivity contribution in [3.8, 4) is 5.75 Å². The maximum Gasteiger partial charge on any atom is 0.241 e. The summed E-state index contributed by atoms with van der Waals surface area (Å²) in [7, 11) is 3.42. The van der Waals surface area contributed by atoms with Crippen LogP contribution in [-0.4, -0.2) is 54.6 Å². The third-order valence-corrected chi connectivity index (χ3v) is 4.53. The van der Waals surface area contributed by atoms with Gasteiger partial charge in [-0.1, -0.05) is 17.7 Å². The third-order valence-electron chi connectivity index (χ3n) is 4.18. The smallest absolute Gasteiger partial charge is 0.241 e. The number of likely N-dealkylation sites (N-methyl/N-ethyl adjacent to an activating group) is 1. The molecule has 1 aliphatic heterocycles. The fourth-order valence-electron chi connectivity index (χ4n) is 2.65. The van der Waals surface area contributed by atoms with Gasteiger partial charge in [0.1, 0.15) is 23.7 Å². The van der Waals surface area contributed by atoms with Crippen molar-refractivity contribution < 1.29 is 9.53 Å². The number of benzene rings is 1. The van der Waals surface area contributed by atoms with E-state index in [2.05, 4.69) is 15.3 Å². The number of nitrogens with zero attached hydrogens (tertiary/aromatic N) is 4. The van der Waals surface area contributed by atoms with Gasteiger partial charge in [0.25, 0.3) is 0 Å². The van der Waals surface area contributed by atoms with E-state index in [4.69, 9.17) is 16.3 Å². The Labute approximate surface area is 151 Å². The first kappa shape index (κ1) is 17.3. The second kappa shape index (κ2) is 7.57. The number of amides is 1. The number of aromatic nitrogens is 2. The maximum absolute atomic E-state index is 11.9. The van der Waals surface area contributed by atoms with Gasteiger partial charge in [0, 0.05) is 43.3 Å². The molecule has 25 heavy (non-hydrogen) atoms. The zero-order valence-corrected chi connectivity index (χ0v) is 15.0. The number of halogens is 1. The fraction of sp³-hybridized carbons (Fsp3) is 0.353. The summed E-state index contributed by atoms with van der Waals surface area (Å²) in [5, 5.41) is 3.87. The van der Waals surface area contributed by atoms with Crippen LogP contribution >= 0.6 is 11.6 Å². The Hall–Kier alpha value is -2.54. The number of carbonyl (C=O) groups is 1. The van der Waals surface area contributed by atoms with E-state index in [-0.39, 0.29) is 5.91 Å². The zero-order valence-electron chi connectivity index (χ0n) is 14.2. The molecule has 0 bridgehead atoms. The molecule has 132 valence electrons. The molecular weight excluding hydrogens is 342 g/mol. The van der Waals surface area contributed by atoms with Gasteiger partial charge in [0.2, 0.25) is 5.91 Å². The van der Waals surface area contributed by atoms with Gasteiger partial charge in [-0.05, 0) is 12.1 Å². The van der Waals surface area contributed by atoms with Gasteiger partial charge in [-0.2, -0.15) is 0 Å². The molecule has 0 spiro atoms. The maximum atomic E-state index is 11.9. The van der Waals surface area contributed by atoms with E-state index in [1.165, 1.54) is 6.33 Å². The van der Waals surface area contributed by atoms with Crippen molar-refractivity contribution >= 4 is 29.1 Å². The highest BCUT2D eigenvalue weighted by Gasteiger charge is 2.22. The second-order valence-electron chi connectivity index (χ2n) is 5.77. The highest BCUT2D eigenvalue weighted by Crippen LogP contribution is 2.27. The molecule has 0 unspecified atom stereocenters. The lowest BCUT2D eigenvalue weighted by atomic mass is 10.2. The van der Waals surface area contributed by atoms with Crippen LogP contribution in [0, 0.1) is 0 Å². The van der Waals surface area contributed by atoms with Crippen LogP contribution in [0.15, 0.2) is 30.6 Å². The summed E-state index contributed by atoms with van der Waals surface area (Å²) in [6, 6.07) is 7.37. The molecule has 7 nitrogen and oxygen atoms in total. The molecule has 2 aromatic rings. The zero-order chi connectivity index (χ0) is 17.8. The summed E-state index contributed by atoms with van der Waals surface area (Å²) in [4.78, 5) is 24.1. The van der Waals surface area contributed by atoms with E-state index in [0.29, 0.717) is 30.5 Å². The van der Waals surface area contributed by atoms with Crippen LogP contribution in [0.4, 0.5) is 11.6 Å². The Morgan fingerprint density at radius 3 is 2.92 bits per heavy atom. The van der Waals surface area contributed by atoms with Crippen molar-refractivity contribution in [3.05, 3.63) is 41.2 Å². The largest absolute Gasteiger partial charge is 0.496 e. The van der Waals surface area contributed by atoms with Gasteiger partial charge in [0.05, 0.1) is 13.7 Å². The molecule has 1 aromatic carbocycles. The molecule has 3 rings (SSSR count). The SMILES string of the molecule is COc1cccc(Cl)c1CNc1cc(N2CCN(C)C(=O)C2)ncn1. The van der Waals surface area contributed by atoms with Crippen molar-refractivity contribution in [3.63, 3.8) is 0 Å². The molecule has 0 saturated carbocycles. The predicted molar refractivity (Wildman–Crippen MR) is 97.2 cm³/mol. The van der Waals surface area contributed by atoms with Gasteiger partial charge < -0.3 is 19.9 Å². The van der Waals surface area contributed by atoms with Gasteiger partial charge in [-0.15, -0.1) is 0 Å². The molecular formula is C17H20ClN5O2. The molecule has 0 radical (unpaired) electrons. The van der Waals surface area contributed by atoms with Crippen molar-refractivity contribution in [2.45, 2.75) is 6.54 Å². The van der Waals surface area contributed by atoms with Crippen molar-refractivity contribution in [2.24, 2.45) is 0 Å². The number of hydrogen-bond acceptors (Lipinski definition) is 6. The van der Waals surface area contributed by atoms with E-state index >= 15 is 0 Å². The Kier molecular flexibility index (Phi) is 5.23. The average Bonchev–Trinajstić information content (AvgIpc) is 2.63. The number of rotatable bonds is 5. The molecule has 1 amide bonds. The van der Waals surface area contributed by atoms with Crippen LogP contribution in [-0.2, 0) is 11.3 Å². The Morgan fingerprint density at radius 2 is 2.16 bits per heavy atom. The van der Waals surface area contributed by atoms with Gasteiger partial charge >= 0.3 is 0 Å². The highest BCUT2D eigenvalue weighted by atomic mass is 35.5. The first-order valence-electron chi connectivity index (χ1n) is 7.94. The lowest BCUT2D eigenvalue weighted by molar-refractivity contribution is -0.129. The minimum absolute atomic E-state index is 0.0835. The molecule has 0 aliphatic carbocycles. The number of ether oxygens (including phenoxy) is 1. The Bertz CT molecular complexity index is 770. The number of nitrogens with one attached hydrogen (secondary N) is 1. The second-order valence-corrected chi connectivity index (χ2v) is 6.18. The quantitative estimate of drug-likeness (QED) is 0.878. The highest BCUT2D eigenvalue weighted by molar-refractivity contribution is 6.31. The first-order valence-corrected chi connectivity index (χ1v) is 8.32. The van der Waals surface area contributed by atoms with Gasteiger partial charge in [-0.3, -0.25) is 4.79 Å². The molecule has 1 fully saturated rings. The number of methoxy groups -OCH3 is 1. The fourth-order valence-corrected chi connectivity index (χ4v) is 2.88. The topological polar surface area (TPSA) is 70.6 Å². The first-order chi connectivity index (χ1) is 12.1. The van der Waals surface area contributed by atoms with Crippen LogP contribution < -0.4 is 15.0 Å². The van der Waals surface area contributed by atoms with Gasteiger partial charge in [0.15, 0.2) is 0 Å². The average molecular weight is 362 g/mol. The Morgan fingerprint density at radius 1 is 1.32 bits per heavy atom. The summed E-state index contributed by atoms with van der Waals surface area (Å²) in [5.74, 6) is 2.20. The normalized spacial score (nSPS) is 14.6. The summed E-state index contributed by atoms with van der Waals surface area (Å²) in [6.07, 6.45) is 1.49.